The molecule has 0 saturated carbocycles. The van der Waals surface area contributed by atoms with Gasteiger partial charge in [0, 0.05) is 24.7 Å². The van der Waals surface area contributed by atoms with Gasteiger partial charge in [0.1, 0.15) is 0 Å². The number of nitrogens with zero attached hydrogens (tertiary/aromatic N) is 2. The average molecular weight is 398 g/mol. The summed E-state index contributed by atoms with van der Waals surface area (Å²) in [5, 5.41) is 11.8. The van der Waals surface area contributed by atoms with Gasteiger partial charge in [0.15, 0.2) is 0 Å². The van der Waals surface area contributed by atoms with Gasteiger partial charge in [-0.15, -0.1) is 0 Å². The zero-order valence-electron chi connectivity index (χ0n) is 15.8. The monoisotopic (exact) mass is 397 g/mol. The normalized spacial score (nSPS) is 15.7. The standard InChI is InChI=1S/C21H23N3O3S/c1-2-16-3-7-19(8-4-16)23-21(25)18-11-13-24(14-12-18)28(26,27)20-9-5-17(15-22)6-10-20/h3-10,18H,2,11-14H2,1H3,(H,23,25). The number of piperidine rings is 1. The number of aryl methyl sites for hydroxylation is 1. The molecule has 0 aliphatic carbocycles. The molecule has 3 rings (SSSR count). The molecule has 1 fully saturated rings. The fraction of sp³-hybridized carbons (Fsp3) is 0.333. The van der Waals surface area contributed by atoms with Crippen LogP contribution in [-0.4, -0.2) is 31.7 Å². The van der Waals surface area contributed by atoms with Crippen molar-refractivity contribution >= 4 is 21.6 Å². The Morgan fingerprint density at radius 1 is 1.11 bits per heavy atom. The van der Waals surface area contributed by atoms with Gasteiger partial charge in [0.25, 0.3) is 0 Å². The largest absolute Gasteiger partial charge is 0.326 e. The summed E-state index contributed by atoms with van der Waals surface area (Å²) in [6.07, 6.45) is 1.91. The highest BCUT2D eigenvalue weighted by molar-refractivity contribution is 7.89. The van der Waals surface area contributed by atoms with E-state index in [1.807, 2.05) is 30.3 Å². The number of rotatable bonds is 5. The quantitative estimate of drug-likeness (QED) is 0.839. The highest BCUT2D eigenvalue weighted by Gasteiger charge is 2.32. The van der Waals surface area contributed by atoms with E-state index in [0.29, 0.717) is 31.5 Å². The summed E-state index contributed by atoms with van der Waals surface area (Å²) in [5.41, 5.74) is 2.38. The zero-order valence-corrected chi connectivity index (χ0v) is 16.6. The van der Waals surface area contributed by atoms with Gasteiger partial charge in [-0.05, 0) is 61.2 Å². The molecule has 2 aromatic rings. The second-order valence-electron chi connectivity index (χ2n) is 6.85. The fourth-order valence-corrected chi connectivity index (χ4v) is 4.75. The van der Waals surface area contributed by atoms with Crippen molar-refractivity contribution in [2.45, 2.75) is 31.1 Å². The van der Waals surface area contributed by atoms with Gasteiger partial charge in [-0.2, -0.15) is 9.57 Å². The minimum atomic E-state index is -3.61. The van der Waals surface area contributed by atoms with Crippen molar-refractivity contribution in [3.63, 3.8) is 0 Å². The molecule has 1 aliphatic heterocycles. The zero-order chi connectivity index (χ0) is 20.1. The lowest BCUT2D eigenvalue weighted by Gasteiger charge is -2.30. The van der Waals surface area contributed by atoms with Crippen molar-refractivity contribution in [3.05, 3.63) is 59.7 Å². The molecule has 0 unspecified atom stereocenters. The van der Waals surface area contributed by atoms with Crippen LogP contribution in [0.3, 0.4) is 0 Å². The van der Waals surface area contributed by atoms with Gasteiger partial charge in [-0.25, -0.2) is 8.42 Å². The molecule has 0 bridgehead atoms. The van der Waals surface area contributed by atoms with Gasteiger partial charge in [-0.1, -0.05) is 19.1 Å². The first-order valence-corrected chi connectivity index (χ1v) is 10.8. The Labute approximate surface area is 165 Å². The van der Waals surface area contributed by atoms with Gasteiger partial charge in [0.2, 0.25) is 15.9 Å². The Morgan fingerprint density at radius 3 is 2.25 bits per heavy atom. The molecule has 1 N–H and O–H groups in total. The third-order valence-electron chi connectivity index (χ3n) is 5.08. The maximum atomic E-state index is 12.8. The molecule has 0 atom stereocenters. The molecule has 0 aromatic heterocycles. The lowest BCUT2D eigenvalue weighted by Crippen LogP contribution is -2.41. The second kappa shape index (κ2) is 8.55. The van der Waals surface area contributed by atoms with E-state index < -0.39 is 10.0 Å². The van der Waals surface area contributed by atoms with Crippen LogP contribution in [0.1, 0.15) is 30.9 Å². The predicted octanol–water partition coefficient (Wildman–Crippen LogP) is 3.16. The van der Waals surface area contributed by atoms with Crippen molar-refractivity contribution in [3.8, 4) is 6.07 Å². The van der Waals surface area contributed by atoms with E-state index >= 15 is 0 Å². The van der Waals surface area contributed by atoms with E-state index in [2.05, 4.69) is 12.2 Å². The molecular weight excluding hydrogens is 374 g/mol. The van der Waals surface area contributed by atoms with Crippen LogP contribution in [0.2, 0.25) is 0 Å². The first-order valence-electron chi connectivity index (χ1n) is 9.34. The number of hydrogen-bond acceptors (Lipinski definition) is 4. The predicted molar refractivity (Wildman–Crippen MR) is 107 cm³/mol. The first-order chi connectivity index (χ1) is 13.4. The number of nitriles is 1. The lowest BCUT2D eigenvalue weighted by atomic mass is 9.97. The van der Waals surface area contributed by atoms with E-state index in [9.17, 15) is 13.2 Å². The van der Waals surface area contributed by atoms with Crippen LogP contribution in [0.15, 0.2) is 53.4 Å². The summed E-state index contributed by atoms with van der Waals surface area (Å²) in [4.78, 5) is 12.7. The molecule has 1 saturated heterocycles. The van der Waals surface area contributed by atoms with E-state index in [4.69, 9.17) is 5.26 Å². The number of nitrogens with one attached hydrogen (secondary N) is 1. The van der Waals surface area contributed by atoms with E-state index in [0.717, 1.165) is 12.1 Å². The smallest absolute Gasteiger partial charge is 0.243 e. The van der Waals surface area contributed by atoms with Crippen LogP contribution in [0.4, 0.5) is 5.69 Å². The maximum absolute atomic E-state index is 12.8. The Hall–Kier alpha value is -2.69. The summed E-state index contributed by atoms with van der Waals surface area (Å²) in [5.74, 6) is -0.280. The number of carbonyl (C=O) groups is 1. The van der Waals surface area contributed by atoms with Gasteiger partial charge >= 0.3 is 0 Å². The number of hydrogen-bond donors (Lipinski definition) is 1. The number of anilines is 1. The molecule has 0 radical (unpaired) electrons. The van der Waals surface area contributed by atoms with E-state index in [-0.39, 0.29) is 16.7 Å². The van der Waals surface area contributed by atoms with Crippen molar-refractivity contribution in [2.75, 3.05) is 18.4 Å². The van der Waals surface area contributed by atoms with E-state index in [1.165, 1.54) is 34.1 Å². The molecule has 6 nitrogen and oxygen atoms in total. The third-order valence-corrected chi connectivity index (χ3v) is 6.99. The van der Waals surface area contributed by atoms with Crippen LogP contribution in [0, 0.1) is 17.2 Å². The average Bonchev–Trinajstić information content (AvgIpc) is 2.74. The van der Waals surface area contributed by atoms with Crippen LogP contribution in [-0.2, 0) is 21.2 Å². The highest BCUT2D eigenvalue weighted by Crippen LogP contribution is 2.25. The highest BCUT2D eigenvalue weighted by atomic mass is 32.2. The van der Waals surface area contributed by atoms with Gasteiger partial charge in [0.05, 0.1) is 16.5 Å². The van der Waals surface area contributed by atoms with Crippen molar-refractivity contribution in [2.24, 2.45) is 5.92 Å². The molecule has 0 spiro atoms. The number of benzene rings is 2. The van der Waals surface area contributed by atoms with Crippen LogP contribution in [0.25, 0.3) is 0 Å². The first kappa shape index (κ1) is 20.1. The Kier molecular flexibility index (Phi) is 6.12. The van der Waals surface area contributed by atoms with Crippen molar-refractivity contribution < 1.29 is 13.2 Å². The summed E-state index contributed by atoms with van der Waals surface area (Å²) in [6, 6.07) is 15.6. The van der Waals surface area contributed by atoms with E-state index in [1.54, 1.807) is 0 Å². The van der Waals surface area contributed by atoms with Crippen LogP contribution < -0.4 is 5.32 Å². The van der Waals surface area contributed by atoms with Crippen molar-refractivity contribution in [1.82, 2.24) is 4.31 Å². The molecule has 7 heteroatoms. The molecule has 146 valence electrons. The summed E-state index contributed by atoms with van der Waals surface area (Å²) in [6.45, 7) is 2.68. The van der Waals surface area contributed by atoms with Gasteiger partial charge in [-0.3, -0.25) is 4.79 Å². The molecule has 28 heavy (non-hydrogen) atoms. The molecule has 2 aromatic carbocycles. The Balaban J connectivity index is 1.59. The number of amides is 1. The van der Waals surface area contributed by atoms with Crippen LogP contribution >= 0.6 is 0 Å². The molecular formula is C21H23N3O3S. The molecule has 1 aliphatic rings. The minimum absolute atomic E-state index is 0.0698. The van der Waals surface area contributed by atoms with Crippen molar-refractivity contribution in [1.29, 1.82) is 5.26 Å². The summed E-state index contributed by atoms with van der Waals surface area (Å²) >= 11 is 0. The minimum Gasteiger partial charge on any atom is -0.326 e. The lowest BCUT2D eigenvalue weighted by molar-refractivity contribution is -0.120. The van der Waals surface area contributed by atoms with Gasteiger partial charge < -0.3 is 5.32 Å². The molecule has 1 heterocycles. The fourth-order valence-electron chi connectivity index (χ4n) is 3.28. The number of carbonyl (C=O) groups excluding carboxylic acids is 1. The summed E-state index contributed by atoms with van der Waals surface area (Å²) < 4.78 is 26.9. The SMILES string of the molecule is CCc1ccc(NC(=O)C2CCN(S(=O)(=O)c3ccc(C#N)cc3)CC2)cc1. The number of sulfonamides is 1. The maximum Gasteiger partial charge on any atom is 0.243 e. The Morgan fingerprint density at radius 2 is 1.71 bits per heavy atom. The topological polar surface area (TPSA) is 90.3 Å². The third kappa shape index (κ3) is 4.41. The summed E-state index contributed by atoms with van der Waals surface area (Å²) in [7, 11) is -3.61. The Bertz CT molecular complexity index is 969. The van der Waals surface area contributed by atoms with Crippen LogP contribution in [0.5, 0.6) is 0 Å². The second-order valence-corrected chi connectivity index (χ2v) is 8.79. The molecule has 1 amide bonds.